The second-order valence-corrected chi connectivity index (χ2v) is 7.33. The van der Waals surface area contributed by atoms with E-state index in [1.54, 1.807) is 20.1 Å². The molecule has 0 fully saturated rings. The second kappa shape index (κ2) is 8.95. The number of rotatable bonds is 6. The van der Waals surface area contributed by atoms with Crippen LogP contribution in [0.25, 0.3) is 5.57 Å². The minimum absolute atomic E-state index is 0.206. The quantitative estimate of drug-likeness (QED) is 0.547. The number of nitrogens with zero attached hydrogens (tertiary/aromatic N) is 1. The van der Waals surface area contributed by atoms with Crippen LogP contribution in [0.1, 0.15) is 30.4 Å². The van der Waals surface area contributed by atoms with Gasteiger partial charge in [-0.3, -0.25) is 9.59 Å². The van der Waals surface area contributed by atoms with E-state index in [-0.39, 0.29) is 18.3 Å². The number of esters is 1. The lowest BCUT2D eigenvalue weighted by Gasteiger charge is -2.30. The monoisotopic (exact) mass is 393 g/mol. The van der Waals surface area contributed by atoms with Crippen molar-refractivity contribution in [2.24, 2.45) is 5.92 Å². The molecule has 0 unspecified atom stereocenters. The summed E-state index contributed by atoms with van der Waals surface area (Å²) in [5.41, 5.74) is 3.90. The van der Waals surface area contributed by atoms with Gasteiger partial charge in [-0.25, -0.2) is 0 Å². The third-order valence-corrected chi connectivity index (χ3v) is 5.30. The van der Waals surface area contributed by atoms with E-state index >= 15 is 0 Å². The Kier molecular flexibility index (Phi) is 6.37. The summed E-state index contributed by atoms with van der Waals surface area (Å²) in [6, 6.07) is 15.6. The fourth-order valence-corrected chi connectivity index (χ4v) is 3.72. The first kappa shape index (κ1) is 20.6. The summed E-state index contributed by atoms with van der Waals surface area (Å²) in [5, 5.41) is 0. The lowest BCUT2D eigenvalue weighted by Crippen LogP contribution is -2.34. The van der Waals surface area contributed by atoms with Gasteiger partial charge in [-0.2, -0.15) is 0 Å². The predicted molar refractivity (Wildman–Crippen MR) is 114 cm³/mol. The number of carbonyl (C=O) groups excluding carboxylic acids is 2. The molecule has 0 amide bonds. The number of hydrogen-bond acceptors (Lipinski definition) is 5. The molecule has 29 heavy (non-hydrogen) atoms. The van der Waals surface area contributed by atoms with Gasteiger partial charge in [-0.05, 0) is 60.4 Å². The molecular formula is C24H27NO4. The zero-order chi connectivity index (χ0) is 21.0. The van der Waals surface area contributed by atoms with Gasteiger partial charge >= 0.3 is 5.97 Å². The maximum Gasteiger partial charge on any atom is 0.317 e. The van der Waals surface area contributed by atoms with Crippen LogP contribution in [0.15, 0.2) is 54.6 Å². The molecule has 0 saturated heterocycles. The number of hydrogen-bond donors (Lipinski definition) is 0. The molecule has 5 nitrogen and oxygen atoms in total. The molecule has 0 aromatic heterocycles. The molecule has 5 heteroatoms. The van der Waals surface area contributed by atoms with Crippen LogP contribution in [-0.4, -0.2) is 39.6 Å². The smallest absolute Gasteiger partial charge is 0.317 e. The Balaban J connectivity index is 1.98. The van der Waals surface area contributed by atoms with Gasteiger partial charge in [0.1, 0.15) is 11.7 Å². The van der Waals surface area contributed by atoms with Crippen LogP contribution in [0.4, 0.5) is 5.69 Å². The second-order valence-electron chi connectivity index (χ2n) is 7.33. The first-order valence-electron chi connectivity index (χ1n) is 9.77. The summed E-state index contributed by atoms with van der Waals surface area (Å²) in [6.07, 6.45) is 2.18. The van der Waals surface area contributed by atoms with Gasteiger partial charge in [0.25, 0.3) is 0 Å². The van der Waals surface area contributed by atoms with Crippen LogP contribution in [0.5, 0.6) is 5.75 Å². The van der Waals surface area contributed by atoms with Gasteiger partial charge in [0, 0.05) is 25.7 Å². The molecule has 2 atom stereocenters. The maximum absolute atomic E-state index is 13.0. The fraction of sp³-hybridized carbons (Fsp3) is 0.333. The Morgan fingerprint density at radius 2 is 1.72 bits per heavy atom. The van der Waals surface area contributed by atoms with Crippen molar-refractivity contribution >= 4 is 23.0 Å². The third kappa shape index (κ3) is 4.50. The molecule has 0 radical (unpaired) electrons. The van der Waals surface area contributed by atoms with Gasteiger partial charge in [-0.15, -0.1) is 0 Å². The molecule has 2 aromatic rings. The van der Waals surface area contributed by atoms with E-state index in [4.69, 9.17) is 9.47 Å². The summed E-state index contributed by atoms with van der Waals surface area (Å²) in [7, 11) is 5.58. The SMILES string of the molecule is CCOC(=O)[C@H]1C(=O)C=C(c2ccc(OC)cc2)C[C@@H]1c1ccc(N(C)C)cc1. The molecule has 3 rings (SSSR count). The normalized spacial score (nSPS) is 18.8. The average molecular weight is 393 g/mol. The van der Waals surface area contributed by atoms with E-state index in [0.717, 1.165) is 28.1 Å². The highest BCUT2D eigenvalue weighted by atomic mass is 16.5. The highest BCUT2D eigenvalue weighted by Crippen LogP contribution is 2.41. The molecular weight excluding hydrogens is 366 g/mol. The Bertz CT molecular complexity index is 897. The molecule has 0 N–H and O–H groups in total. The zero-order valence-electron chi connectivity index (χ0n) is 17.3. The largest absolute Gasteiger partial charge is 0.497 e. The van der Waals surface area contributed by atoms with Crippen molar-refractivity contribution in [3.63, 3.8) is 0 Å². The van der Waals surface area contributed by atoms with Crippen LogP contribution in [0.2, 0.25) is 0 Å². The Hall–Kier alpha value is -3.08. The molecule has 0 spiro atoms. The predicted octanol–water partition coefficient (Wildman–Crippen LogP) is 4.08. The van der Waals surface area contributed by atoms with Gasteiger partial charge in [-0.1, -0.05) is 24.3 Å². The summed E-state index contributed by atoms with van der Waals surface area (Å²) in [6.45, 7) is 2.01. The number of benzene rings is 2. The van der Waals surface area contributed by atoms with Crippen molar-refractivity contribution in [3.8, 4) is 5.75 Å². The van der Waals surface area contributed by atoms with E-state index in [1.807, 2.05) is 67.5 Å². The van der Waals surface area contributed by atoms with Crippen molar-refractivity contribution in [1.29, 1.82) is 0 Å². The summed E-state index contributed by atoms with van der Waals surface area (Å²) < 4.78 is 10.4. The molecule has 2 aromatic carbocycles. The minimum Gasteiger partial charge on any atom is -0.497 e. The van der Waals surface area contributed by atoms with Crippen molar-refractivity contribution in [2.75, 3.05) is 32.7 Å². The molecule has 1 aliphatic carbocycles. The molecule has 0 heterocycles. The number of anilines is 1. The Morgan fingerprint density at radius 3 is 2.28 bits per heavy atom. The molecule has 1 aliphatic rings. The average Bonchev–Trinajstić information content (AvgIpc) is 2.73. The van der Waals surface area contributed by atoms with Crippen LogP contribution in [0, 0.1) is 5.92 Å². The highest BCUT2D eigenvalue weighted by molar-refractivity contribution is 6.10. The summed E-state index contributed by atoms with van der Waals surface area (Å²) in [5.74, 6) is -0.981. The standard InChI is InChI=1S/C24H27NO4/c1-5-29-24(27)23-21(17-6-10-19(11-7-17)25(2)3)14-18(15-22(23)26)16-8-12-20(28-4)13-9-16/h6-13,15,21,23H,5,14H2,1-4H3/t21-,23-/m1/s1. The van der Waals surface area contributed by atoms with Gasteiger partial charge in [0.05, 0.1) is 13.7 Å². The number of allylic oxidation sites excluding steroid dienone is 2. The van der Waals surface area contributed by atoms with Crippen molar-refractivity contribution in [2.45, 2.75) is 19.3 Å². The highest BCUT2D eigenvalue weighted by Gasteiger charge is 2.39. The summed E-state index contributed by atoms with van der Waals surface area (Å²) >= 11 is 0. The molecule has 0 saturated carbocycles. The van der Waals surface area contributed by atoms with Gasteiger partial charge in [0.2, 0.25) is 0 Å². The topological polar surface area (TPSA) is 55.8 Å². The van der Waals surface area contributed by atoms with Gasteiger partial charge in [0.15, 0.2) is 5.78 Å². The van der Waals surface area contributed by atoms with E-state index in [1.165, 1.54) is 0 Å². The van der Waals surface area contributed by atoms with Gasteiger partial charge < -0.3 is 14.4 Å². The van der Waals surface area contributed by atoms with Crippen LogP contribution in [0.3, 0.4) is 0 Å². The summed E-state index contributed by atoms with van der Waals surface area (Å²) in [4.78, 5) is 27.6. The van der Waals surface area contributed by atoms with E-state index in [2.05, 4.69) is 0 Å². The van der Waals surface area contributed by atoms with Crippen LogP contribution < -0.4 is 9.64 Å². The third-order valence-electron chi connectivity index (χ3n) is 5.30. The van der Waals surface area contributed by atoms with E-state index in [9.17, 15) is 9.59 Å². The van der Waals surface area contributed by atoms with Crippen LogP contribution in [-0.2, 0) is 14.3 Å². The van der Waals surface area contributed by atoms with Crippen molar-refractivity contribution in [1.82, 2.24) is 0 Å². The number of ketones is 1. The lowest BCUT2D eigenvalue weighted by atomic mass is 9.73. The van der Waals surface area contributed by atoms with Crippen molar-refractivity contribution in [3.05, 3.63) is 65.7 Å². The van der Waals surface area contributed by atoms with Crippen molar-refractivity contribution < 1.29 is 19.1 Å². The Labute approximate surface area is 171 Å². The Morgan fingerprint density at radius 1 is 1.07 bits per heavy atom. The van der Waals surface area contributed by atoms with Crippen LogP contribution >= 0.6 is 0 Å². The first-order valence-corrected chi connectivity index (χ1v) is 9.77. The number of ether oxygens (including phenoxy) is 2. The molecule has 0 bridgehead atoms. The zero-order valence-corrected chi connectivity index (χ0v) is 17.3. The number of methoxy groups -OCH3 is 1. The van der Waals surface area contributed by atoms with E-state index < -0.39 is 11.9 Å². The maximum atomic E-state index is 13.0. The molecule has 152 valence electrons. The number of carbonyl (C=O) groups is 2. The minimum atomic E-state index is -0.817. The first-order chi connectivity index (χ1) is 13.9. The molecule has 0 aliphatic heterocycles. The fourth-order valence-electron chi connectivity index (χ4n) is 3.72. The van der Waals surface area contributed by atoms with E-state index in [0.29, 0.717) is 6.42 Å². The lowest BCUT2D eigenvalue weighted by molar-refractivity contribution is -0.151.